The van der Waals surface area contributed by atoms with E-state index in [1.165, 1.54) is 16.7 Å². The lowest BCUT2D eigenvalue weighted by atomic mass is 10.0. The number of methoxy groups -OCH3 is 1. The Bertz CT molecular complexity index is 3030. The topological polar surface area (TPSA) is 133 Å². The fourth-order valence-electron chi connectivity index (χ4n) is 7.65. The van der Waals surface area contributed by atoms with Crippen LogP contribution in [-0.4, -0.2) is 85.5 Å². The zero-order valence-corrected chi connectivity index (χ0v) is 52.2. The summed E-state index contributed by atoms with van der Waals surface area (Å²) in [6.45, 7) is 41.1. The first-order valence-corrected chi connectivity index (χ1v) is 32.4. The standard InChI is InChI=1S/C26H40N4O2Si.C17H28ClN3OSi.C11H13BrClN3/c1-16(2)21-13-12-19(25(28-21)31-9)22-18(4)27-23-20(14-30(8)24(23)29-22)17(3)15-32-33(10,11)26(5,6)7;1-11(10-22-23(7,8)17(3,4)5)13-9-21(6)16-14(13)19-12(2)15(18)20-16;1-4-6(2)7-5-16(3)11-8(7)14-9(12)10(13)15-11/h12-14,16-17H,15H2,1-11H3;9,11H,10H2,1-8H3;5-6H,4H2,1-3H3. The van der Waals surface area contributed by atoms with Gasteiger partial charge in [0.25, 0.3) is 0 Å². The van der Waals surface area contributed by atoms with Gasteiger partial charge in [0, 0.05) is 87.2 Å². The molecule has 0 fully saturated rings. The molecule has 0 spiro atoms. The Morgan fingerprint density at radius 3 is 1.44 bits per heavy atom. The highest BCUT2D eigenvalue weighted by atomic mass is 79.9. The van der Waals surface area contributed by atoms with Crippen LogP contribution in [0.5, 0.6) is 5.88 Å². The molecule has 0 aliphatic heterocycles. The third-order valence-electron chi connectivity index (χ3n) is 14.8. The predicted octanol–water partition coefficient (Wildman–Crippen LogP) is 15.5. The lowest BCUT2D eigenvalue weighted by Crippen LogP contribution is -2.41. The van der Waals surface area contributed by atoms with Crippen molar-refractivity contribution >= 4 is 89.3 Å². The van der Waals surface area contributed by atoms with E-state index in [0.717, 1.165) is 68.3 Å². The molecule has 72 heavy (non-hydrogen) atoms. The van der Waals surface area contributed by atoms with Gasteiger partial charge < -0.3 is 27.3 Å². The lowest BCUT2D eigenvalue weighted by Gasteiger charge is -2.37. The summed E-state index contributed by atoms with van der Waals surface area (Å²) >= 11 is 15.4. The minimum Gasteiger partial charge on any atom is -0.480 e. The smallest absolute Gasteiger partial charge is 0.222 e. The van der Waals surface area contributed by atoms with E-state index in [0.29, 0.717) is 45.8 Å². The molecule has 0 aliphatic carbocycles. The van der Waals surface area contributed by atoms with Gasteiger partial charge in [0.1, 0.15) is 21.2 Å². The Morgan fingerprint density at radius 1 is 0.597 bits per heavy atom. The molecule has 7 rings (SSSR count). The van der Waals surface area contributed by atoms with Crippen molar-refractivity contribution in [3.63, 3.8) is 0 Å². The molecular formula is C54H81BrCl2N10O3Si2. The average Bonchev–Trinajstić information content (AvgIpc) is 3.91. The molecule has 18 heteroatoms. The van der Waals surface area contributed by atoms with Crippen LogP contribution in [0.2, 0.25) is 46.6 Å². The van der Waals surface area contributed by atoms with Gasteiger partial charge in [-0.3, -0.25) is 0 Å². The Kier molecular flexibility index (Phi) is 18.9. The van der Waals surface area contributed by atoms with Gasteiger partial charge in [-0.25, -0.2) is 34.9 Å². The van der Waals surface area contributed by atoms with Crippen molar-refractivity contribution in [3.8, 4) is 17.1 Å². The number of aromatic nitrogens is 10. The Hall–Kier alpha value is -3.78. The van der Waals surface area contributed by atoms with Crippen molar-refractivity contribution in [2.24, 2.45) is 21.1 Å². The molecule has 7 aromatic heterocycles. The quantitative estimate of drug-likeness (QED) is 0.103. The van der Waals surface area contributed by atoms with Gasteiger partial charge in [-0.1, -0.05) is 106 Å². The zero-order chi connectivity index (χ0) is 54.2. The molecule has 3 unspecified atom stereocenters. The van der Waals surface area contributed by atoms with Gasteiger partial charge in [0.15, 0.2) is 43.9 Å². The van der Waals surface area contributed by atoms with E-state index < -0.39 is 16.6 Å². The average molecular weight is 1130 g/mol. The third kappa shape index (κ3) is 13.0. The zero-order valence-electron chi connectivity index (χ0n) is 47.1. The van der Waals surface area contributed by atoms with Crippen molar-refractivity contribution in [3.05, 3.63) is 79.4 Å². The van der Waals surface area contributed by atoms with Crippen LogP contribution in [0.15, 0.2) is 35.3 Å². The van der Waals surface area contributed by atoms with Gasteiger partial charge >= 0.3 is 0 Å². The van der Waals surface area contributed by atoms with E-state index in [9.17, 15) is 0 Å². The summed E-state index contributed by atoms with van der Waals surface area (Å²) in [6, 6.07) is 4.09. The summed E-state index contributed by atoms with van der Waals surface area (Å²) in [5.41, 5.74) is 13.2. The Labute approximate surface area is 450 Å². The first-order valence-electron chi connectivity index (χ1n) is 25.1. The molecule has 0 N–H and O–H groups in total. The molecule has 0 bridgehead atoms. The number of nitrogens with zero attached hydrogens (tertiary/aromatic N) is 10. The van der Waals surface area contributed by atoms with Crippen molar-refractivity contribution in [1.29, 1.82) is 0 Å². The third-order valence-corrected chi connectivity index (χ3v) is 25.2. The monoisotopic (exact) mass is 1120 g/mol. The van der Waals surface area contributed by atoms with E-state index in [-0.39, 0.29) is 21.9 Å². The van der Waals surface area contributed by atoms with E-state index in [2.05, 4.69) is 168 Å². The largest absolute Gasteiger partial charge is 0.480 e. The maximum absolute atomic E-state index is 6.51. The molecule has 7 heterocycles. The normalized spacial score (nSPS) is 13.9. The van der Waals surface area contributed by atoms with Crippen molar-refractivity contribution in [1.82, 2.24) is 48.6 Å². The number of ether oxygens (including phenoxy) is 1. The van der Waals surface area contributed by atoms with Crippen molar-refractivity contribution in [2.45, 2.75) is 163 Å². The second-order valence-electron chi connectivity index (χ2n) is 22.9. The van der Waals surface area contributed by atoms with E-state index in [4.69, 9.17) is 51.7 Å². The number of hydrogen-bond donors (Lipinski definition) is 0. The van der Waals surface area contributed by atoms with Crippen LogP contribution in [0.1, 0.15) is 147 Å². The van der Waals surface area contributed by atoms with Crippen LogP contribution in [0.3, 0.4) is 0 Å². The van der Waals surface area contributed by atoms with Gasteiger partial charge in [-0.05, 0) is 96.4 Å². The molecule has 0 saturated heterocycles. The lowest BCUT2D eigenvalue weighted by molar-refractivity contribution is 0.269. The highest BCUT2D eigenvalue weighted by Gasteiger charge is 2.39. The van der Waals surface area contributed by atoms with Gasteiger partial charge in [-0.2, -0.15) is 0 Å². The fourth-order valence-corrected chi connectivity index (χ4v) is 10.4. The molecule has 394 valence electrons. The second kappa shape index (κ2) is 23.0. The van der Waals surface area contributed by atoms with Gasteiger partial charge in [-0.15, -0.1) is 0 Å². The molecule has 3 atom stereocenters. The minimum absolute atomic E-state index is 0.189. The van der Waals surface area contributed by atoms with Crippen molar-refractivity contribution in [2.75, 3.05) is 20.3 Å². The SMILES string of the molecule is CCC(C)c1cn(C)c2nc(Cl)c(Br)nc12.COc1nc(C(C)C)ccc1-c1nc2c(nc1C)c(C(C)CO[Si](C)(C)C(C)(C)C)cn2C.Cc1nc2c(C(C)CO[Si](C)(C)C(C)(C)C)cn(C)c2nc1Cl. The predicted molar refractivity (Wildman–Crippen MR) is 308 cm³/mol. The van der Waals surface area contributed by atoms with Gasteiger partial charge in [0.05, 0.1) is 29.8 Å². The number of hydrogen-bond acceptors (Lipinski definition) is 10. The molecule has 7 aromatic rings. The maximum Gasteiger partial charge on any atom is 0.222 e. The van der Waals surface area contributed by atoms with Gasteiger partial charge in [0.2, 0.25) is 5.88 Å². The number of halogens is 3. The number of pyridine rings is 1. The second-order valence-corrected chi connectivity index (χ2v) is 34.0. The van der Waals surface area contributed by atoms with Crippen LogP contribution >= 0.6 is 39.1 Å². The van der Waals surface area contributed by atoms with Crippen molar-refractivity contribution < 1.29 is 13.6 Å². The summed E-state index contributed by atoms with van der Waals surface area (Å²) in [4.78, 5) is 32.6. The fraction of sp³-hybridized carbons (Fsp3) is 0.574. The van der Waals surface area contributed by atoms with Crippen LogP contribution in [0.4, 0.5) is 0 Å². The molecule has 0 saturated carbocycles. The van der Waals surface area contributed by atoms with E-state index in [1.54, 1.807) is 7.11 Å². The number of fused-ring (bicyclic) bond motifs is 3. The maximum atomic E-state index is 6.51. The highest BCUT2D eigenvalue weighted by Crippen LogP contribution is 2.40. The summed E-state index contributed by atoms with van der Waals surface area (Å²) in [5.74, 6) is 1.88. The molecule has 0 radical (unpaired) electrons. The summed E-state index contributed by atoms with van der Waals surface area (Å²) < 4.78 is 25.1. The van der Waals surface area contributed by atoms with Crippen LogP contribution in [-0.2, 0) is 30.0 Å². The summed E-state index contributed by atoms with van der Waals surface area (Å²) in [5, 5.41) is 1.28. The Morgan fingerprint density at radius 2 is 1.01 bits per heavy atom. The Balaban J connectivity index is 0.000000214. The molecule has 13 nitrogen and oxygen atoms in total. The van der Waals surface area contributed by atoms with E-state index >= 15 is 0 Å². The van der Waals surface area contributed by atoms with Crippen LogP contribution in [0.25, 0.3) is 44.7 Å². The first-order chi connectivity index (χ1) is 33.2. The number of rotatable bonds is 13. The van der Waals surface area contributed by atoms with E-state index in [1.807, 2.05) is 56.3 Å². The minimum atomic E-state index is -1.81. The molecule has 0 amide bonds. The summed E-state index contributed by atoms with van der Waals surface area (Å²) in [7, 11) is 4.07. The van der Waals surface area contributed by atoms with Crippen LogP contribution in [0, 0.1) is 13.8 Å². The molecular weight excluding hydrogens is 1040 g/mol. The molecule has 0 aromatic carbocycles. The summed E-state index contributed by atoms with van der Waals surface area (Å²) in [6.07, 6.45) is 7.41. The molecule has 0 aliphatic rings. The number of aryl methyl sites for hydroxylation is 5. The van der Waals surface area contributed by atoms with Crippen LogP contribution < -0.4 is 4.74 Å². The first kappa shape index (κ1) is 59.1. The highest BCUT2D eigenvalue weighted by molar-refractivity contribution is 9.10.